The van der Waals surface area contributed by atoms with E-state index in [1.807, 2.05) is 27.7 Å². The number of aromatic hydroxyl groups is 1. The van der Waals surface area contributed by atoms with Crippen molar-refractivity contribution in [2.45, 2.75) is 78.0 Å². The van der Waals surface area contributed by atoms with Gasteiger partial charge in [0.25, 0.3) is 0 Å². The van der Waals surface area contributed by atoms with E-state index >= 15 is 0 Å². The van der Waals surface area contributed by atoms with Gasteiger partial charge in [-0.15, -0.1) is 0 Å². The molecule has 0 saturated heterocycles. The number of carboxylic acid groups (broad SMARTS) is 1. The van der Waals surface area contributed by atoms with Gasteiger partial charge in [-0.25, -0.2) is 0 Å². The molecule has 8 N–H and O–H groups in total. The second-order valence-corrected chi connectivity index (χ2v) is 9.88. The van der Waals surface area contributed by atoms with Gasteiger partial charge in [0.15, 0.2) is 0 Å². The van der Waals surface area contributed by atoms with Crippen molar-refractivity contribution in [3.8, 4) is 5.75 Å². The maximum absolute atomic E-state index is 13.3. The van der Waals surface area contributed by atoms with Crippen molar-refractivity contribution in [3.63, 3.8) is 0 Å². The molecule has 12 nitrogen and oxygen atoms in total. The summed E-state index contributed by atoms with van der Waals surface area (Å²) in [4.78, 5) is 61.9. The van der Waals surface area contributed by atoms with E-state index in [-0.39, 0.29) is 30.4 Å². The molecule has 0 fully saturated rings. The molecule has 0 bridgehead atoms. The van der Waals surface area contributed by atoms with E-state index in [0.29, 0.717) is 12.0 Å². The van der Waals surface area contributed by atoms with Gasteiger partial charge in [0.1, 0.15) is 23.9 Å². The van der Waals surface area contributed by atoms with Crippen molar-refractivity contribution < 1.29 is 34.2 Å². The largest absolute Gasteiger partial charge is 0.508 e. The SMILES string of the molecule is CC[C@H](C)[C@H](N)C(=O)N[C@@H](Cc1ccc(O)cc1)C(=O)N[C@@H](CC(C)C)C(=O)NCC(=O)N[C@@H](C)C(=O)O. The van der Waals surface area contributed by atoms with E-state index in [2.05, 4.69) is 21.3 Å². The van der Waals surface area contributed by atoms with Crippen molar-refractivity contribution in [3.05, 3.63) is 29.8 Å². The first-order valence-electron chi connectivity index (χ1n) is 12.7. The minimum atomic E-state index is -1.22. The van der Waals surface area contributed by atoms with Crippen LogP contribution in [0.4, 0.5) is 0 Å². The molecule has 1 aromatic rings. The maximum atomic E-state index is 13.3. The Morgan fingerprint density at radius 3 is 1.97 bits per heavy atom. The number of aliphatic carboxylic acids is 1. The molecule has 0 aliphatic rings. The third-order valence-corrected chi connectivity index (χ3v) is 6.08. The molecule has 1 aromatic carbocycles. The number of carbonyl (C=O) groups excluding carboxylic acids is 4. The van der Waals surface area contributed by atoms with E-state index in [4.69, 9.17) is 10.8 Å². The lowest BCUT2D eigenvalue weighted by molar-refractivity contribution is -0.141. The van der Waals surface area contributed by atoms with Gasteiger partial charge < -0.3 is 37.2 Å². The molecular weight excluding hydrogens is 494 g/mol. The van der Waals surface area contributed by atoms with Crippen LogP contribution in [0.1, 0.15) is 53.0 Å². The Balaban J connectivity index is 3.03. The fourth-order valence-corrected chi connectivity index (χ4v) is 3.48. The molecule has 212 valence electrons. The van der Waals surface area contributed by atoms with E-state index in [9.17, 15) is 29.1 Å². The van der Waals surface area contributed by atoms with Crippen molar-refractivity contribution in [2.75, 3.05) is 6.54 Å². The van der Waals surface area contributed by atoms with Crippen molar-refractivity contribution in [2.24, 2.45) is 17.6 Å². The minimum Gasteiger partial charge on any atom is -0.508 e. The van der Waals surface area contributed by atoms with Crippen LogP contribution < -0.4 is 27.0 Å². The van der Waals surface area contributed by atoms with Crippen molar-refractivity contribution >= 4 is 29.6 Å². The van der Waals surface area contributed by atoms with Gasteiger partial charge in [0, 0.05) is 6.42 Å². The molecule has 12 heteroatoms. The molecule has 0 aliphatic heterocycles. The highest BCUT2D eigenvalue weighted by Crippen LogP contribution is 2.13. The molecule has 0 aliphatic carbocycles. The first-order chi connectivity index (χ1) is 17.7. The van der Waals surface area contributed by atoms with Crippen LogP contribution in [0.5, 0.6) is 5.75 Å². The van der Waals surface area contributed by atoms with Crippen LogP contribution in [0.3, 0.4) is 0 Å². The lowest BCUT2D eigenvalue weighted by Gasteiger charge is -2.26. The van der Waals surface area contributed by atoms with E-state index in [1.54, 1.807) is 12.1 Å². The number of nitrogens with two attached hydrogens (primary N) is 1. The summed E-state index contributed by atoms with van der Waals surface area (Å²) in [6.45, 7) is 8.26. The number of amides is 4. The molecule has 0 heterocycles. The predicted octanol–water partition coefficient (Wildman–Crippen LogP) is 0.0293. The second kappa shape index (κ2) is 15.6. The highest BCUT2D eigenvalue weighted by atomic mass is 16.4. The third-order valence-electron chi connectivity index (χ3n) is 6.08. The molecular formula is C26H41N5O7. The summed E-state index contributed by atoms with van der Waals surface area (Å²) in [6, 6.07) is 2.11. The Kier molecular flexibility index (Phi) is 13.2. The summed E-state index contributed by atoms with van der Waals surface area (Å²) in [5.74, 6) is -3.74. The highest BCUT2D eigenvalue weighted by Gasteiger charge is 2.30. The Morgan fingerprint density at radius 2 is 1.45 bits per heavy atom. The molecule has 0 aromatic heterocycles. The third kappa shape index (κ3) is 11.2. The number of hydrogen-bond acceptors (Lipinski definition) is 7. The molecule has 5 atom stereocenters. The summed E-state index contributed by atoms with van der Waals surface area (Å²) >= 11 is 0. The van der Waals surface area contributed by atoms with Crippen molar-refractivity contribution in [1.82, 2.24) is 21.3 Å². The van der Waals surface area contributed by atoms with Gasteiger partial charge in [-0.1, -0.05) is 46.2 Å². The summed E-state index contributed by atoms with van der Waals surface area (Å²) < 4.78 is 0. The number of phenols is 1. The standard InChI is InChI=1S/C26H41N5O7/c1-6-15(4)22(27)25(36)31-20(12-17-7-9-18(32)10-8-17)24(35)30-19(11-14(2)3)23(34)28-13-21(33)29-16(5)26(37)38/h7-10,14-16,19-20,22,32H,6,11-13,27H2,1-5H3,(H,28,34)(H,29,33)(H,30,35)(H,31,36)(H,37,38)/t15-,16-,19-,20-,22-/m0/s1. The van der Waals surface area contributed by atoms with Crippen LogP contribution in [0.2, 0.25) is 0 Å². The number of hydrogen-bond donors (Lipinski definition) is 7. The highest BCUT2D eigenvalue weighted by molar-refractivity contribution is 5.94. The Labute approximate surface area is 223 Å². The zero-order valence-electron chi connectivity index (χ0n) is 22.6. The number of rotatable bonds is 15. The zero-order chi connectivity index (χ0) is 29.0. The monoisotopic (exact) mass is 535 g/mol. The lowest BCUT2D eigenvalue weighted by Crippen LogP contribution is -2.57. The Morgan fingerprint density at radius 1 is 0.868 bits per heavy atom. The molecule has 0 unspecified atom stereocenters. The average molecular weight is 536 g/mol. The molecule has 4 amide bonds. The van der Waals surface area contributed by atoms with Crippen LogP contribution in [0.15, 0.2) is 24.3 Å². The average Bonchev–Trinajstić information content (AvgIpc) is 2.86. The van der Waals surface area contributed by atoms with Gasteiger partial charge in [0.05, 0.1) is 12.6 Å². The van der Waals surface area contributed by atoms with Crippen LogP contribution >= 0.6 is 0 Å². The number of carbonyl (C=O) groups is 5. The normalized spacial score (nSPS) is 14.9. The first kappa shape index (κ1) is 32.4. The number of benzene rings is 1. The van der Waals surface area contributed by atoms with Crippen LogP contribution in [0.25, 0.3) is 0 Å². The molecule has 38 heavy (non-hydrogen) atoms. The summed E-state index contributed by atoms with van der Waals surface area (Å²) in [7, 11) is 0. The van der Waals surface area contributed by atoms with Crippen LogP contribution in [-0.4, -0.2) is 70.5 Å². The molecule has 0 saturated carbocycles. The Hall–Kier alpha value is -3.67. The summed E-state index contributed by atoms with van der Waals surface area (Å²) in [5, 5.41) is 28.5. The second-order valence-electron chi connectivity index (χ2n) is 9.88. The van der Waals surface area contributed by atoms with E-state index in [1.165, 1.54) is 19.1 Å². The van der Waals surface area contributed by atoms with Crippen LogP contribution in [0, 0.1) is 11.8 Å². The fraction of sp³-hybridized carbons (Fsp3) is 0.577. The van der Waals surface area contributed by atoms with Gasteiger partial charge >= 0.3 is 5.97 Å². The van der Waals surface area contributed by atoms with Gasteiger partial charge in [-0.05, 0) is 42.9 Å². The van der Waals surface area contributed by atoms with Gasteiger partial charge in [-0.3, -0.25) is 24.0 Å². The van der Waals surface area contributed by atoms with Crippen molar-refractivity contribution in [1.29, 1.82) is 0 Å². The predicted molar refractivity (Wildman–Crippen MR) is 141 cm³/mol. The fourth-order valence-electron chi connectivity index (χ4n) is 3.48. The van der Waals surface area contributed by atoms with Gasteiger partial charge in [-0.2, -0.15) is 0 Å². The smallest absolute Gasteiger partial charge is 0.325 e. The Bertz CT molecular complexity index is 967. The van der Waals surface area contributed by atoms with E-state index < -0.39 is 60.3 Å². The topological polar surface area (TPSA) is 200 Å². The van der Waals surface area contributed by atoms with E-state index in [0.717, 1.165) is 0 Å². The van der Waals surface area contributed by atoms with Gasteiger partial charge in [0.2, 0.25) is 23.6 Å². The first-order valence-corrected chi connectivity index (χ1v) is 12.7. The molecule has 1 rings (SSSR count). The number of nitrogens with one attached hydrogen (secondary N) is 4. The quantitative estimate of drug-likeness (QED) is 0.163. The molecule has 0 radical (unpaired) electrons. The molecule has 0 spiro atoms. The summed E-state index contributed by atoms with van der Waals surface area (Å²) in [5.41, 5.74) is 6.72. The summed E-state index contributed by atoms with van der Waals surface area (Å²) in [6.07, 6.45) is 0.992. The maximum Gasteiger partial charge on any atom is 0.325 e. The number of phenolic OH excluding ortho intramolecular Hbond substituents is 1. The lowest BCUT2D eigenvalue weighted by atomic mass is 9.97. The van der Waals surface area contributed by atoms with Crippen LogP contribution in [-0.2, 0) is 30.4 Å². The zero-order valence-corrected chi connectivity index (χ0v) is 22.6. The minimum absolute atomic E-state index is 0.00382. The number of carboxylic acids is 1.